The van der Waals surface area contributed by atoms with E-state index in [1.165, 1.54) is 6.92 Å². The molecule has 1 rings (SSSR count). The minimum atomic E-state index is -0.146. The minimum absolute atomic E-state index is 0.146. The smallest absolute Gasteiger partial charge is 0.302 e. The zero-order chi connectivity index (χ0) is 11.9. The molecular weight excluding hydrogens is 188 g/mol. The van der Waals surface area contributed by atoms with Crippen LogP contribution in [0.1, 0.15) is 54.4 Å². The molecular formula is C13H24O2. The summed E-state index contributed by atoms with van der Waals surface area (Å²) in [5.74, 6) is 0.536. The molecule has 88 valence electrons. The lowest BCUT2D eigenvalue weighted by molar-refractivity contribution is -0.159. The van der Waals surface area contributed by atoms with Gasteiger partial charge < -0.3 is 4.74 Å². The van der Waals surface area contributed by atoms with Gasteiger partial charge in [-0.2, -0.15) is 0 Å². The van der Waals surface area contributed by atoms with Crippen LogP contribution in [0.5, 0.6) is 0 Å². The predicted octanol–water partition coefficient (Wildman–Crippen LogP) is 3.40. The molecule has 0 unspecified atom stereocenters. The molecule has 0 saturated heterocycles. The first-order valence-corrected chi connectivity index (χ1v) is 5.82. The van der Waals surface area contributed by atoms with Crippen molar-refractivity contribution < 1.29 is 9.53 Å². The van der Waals surface area contributed by atoms with E-state index in [0.29, 0.717) is 16.7 Å². The number of rotatable bonds is 2. The summed E-state index contributed by atoms with van der Waals surface area (Å²) in [7, 11) is 0. The van der Waals surface area contributed by atoms with Crippen LogP contribution < -0.4 is 0 Å². The quantitative estimate of drug-likeness (QED) is 0.656. The largest absolute Gasteiger partial charge is 0.463 e. The molecule has 2 nitrogen and oxygen atoms in total. The van der Waals surface area contributed by atoms with E-state index in [-0.39, 0.29) is 12.1 Å². The van der Waals surface area contributed by atoms with Gasteiger partial charge in [0.25, 0.3) is 0 Å². The van der Waals surface area contributed by atoms with Crippen molar-refractivity contribution in [2.75, 3.05) is 0 Å². The zero-order valence-electron chi connectivity index (χ0n) is 10.9. The van der Waals surface area contributed by atoms with Gasteiger partial charge >= 0.3 is 5.97 Å². The number of ether oxygens (including phenoxy) is 1. The van der Waals surface area contributed by atoms with Gasteiger partial charge in [-0.15, -0.1) is 0 Å². The fourth-order valence-corrected chi connectivity index (χ4v) is 2.10. The van der Waals surface area contributed by atoms with E-state index in [9.17, 15) is 4.79 Å². The van der Waals surface area contributed by atoms with E-state index in [1.54, 1.807) is 0 Å². The third-order valence-corrected chi connectivity index (χ3v) is 4.38. The maximum atomic E-state index is 10.8. The average molecular weight is 212 g/mol. The SMILES string of the molecule is CC(=O)OC1CC(C(C)(C)C(C)(C)C)C1. The maximum Gasteiger partial charge on any atom is 0.302 e. The van der Waals surface area contributed by atoms with Gasteiger partial charge in [0, 0.05) is 6.92 Å². The number of carbonyl (C=O) groups is 1. The van der Waals surface area contributed by atoms with Crippen molar-refractivity contribution in [3.63, 3.8) is 0 Å². The van der Waals surface area contributed by atoms with Crippen molar-refractivity contribution in [2.45, 2.75) is 60.5 Å². The highest BCUT2D eigenvalue weighted by Gasteiger charge is 2.47. The van der Waals surface area contributed by atoms with Crippen LogP contribution in [0, 0.1) is 16.7 Å². The van der Waals surface area contributed by atoms with Crippen LogP contribution in [0.4, 0.5) is 0 Å². The standard InChI is InChI=1S/C13H24O2/c1-9(14)15-11-7-10(8-11)13(5,6)12(2,3)4/h10-11H,7-8H2,1-6H3. The van der Waals surface area contributed by atoms with Gasteiger partial charge in [-0.1, -0.05) is 34.6 Å². The summed E-state index contributed by atoms with van der Waals surface area (Å²) in [6, 6.07) is 0. The Labute approximate surface area is 93.4 Å². The topological polar surface area (TPSA) is 26.3 Å². The first-order chi connectivity index (χ1) is 6.64. The monoisotopic (exact) mass is 212 g/mol. The second kappa shape index (κ2) is 3.80. The molecule has 0 bridgehead atoms. The molecule has 0 aromatic heterocycles. The van der Waals surface area contributed by atoms with Crippen molar-refractivity contribution in [1.82, 2.24) is 0 Å². The Bertz CT molecular complexity index is 242. The molecule has 1 aliphatic carbocycles. The van der Waals surface area contributed by atoms with Gasteiger partial charge in [-0.05, 0) is 29.6 Å². The van der Waals surface area contributed by atoms with E-state index in [4.69, 9.17) is 4.74 Å². The Balaban J connectivity index is 2.48. The summed E-state index contributed by atoms with van der Waals surface area (Å²) in [4.78, 5) is 10.8. The number of esters is 1. The normalized spacial score (nSPS) is 27.1. The summed E-state index contributed by atoms with van der Waals surface area (Å²) >= 11 is 0. The molecule has 0 aromatic rings. The van der Waals surface area contributed by atoms with Crippen molar-refractivity contribution in [1.29, 1.82) is 0 Å². The molecule has 0 aliphatic heterocycles. The van der Waals surface area contributed by atoms with Crippen LogP contribution in [0.2, 0.25) is 0 Å². The summed E-state index contributed by atoms with van der Waals surface area (Å²) in [5.41, 5.74) is 0.614. The van der Waals surface area contributed by atoms with Gasteiger partial charge in [0.05, 0.1) is 0 Å². The Morgan fingerprint density at radius 1 is 1.13 bits per heavy atom. The van der Waals surface area contributed by atoms with Crippen molar-refractivity contribution >= 4 is 5.97 Å². The Morgan fingerprint density at radius 3 is 1.93 bits per heavy atom. The van der Waals surface area contributed by atoms with Gasteiger partial charge in [-0.25, -0.2) is 0 Å². The Kier molecular flexibility index (Phi) is 3.18. The molecule has 0 N–H and O–H groups in total. The van der Waals surface area contributed by atoms with Gasteiger partial charge in [0.1, 0.15) is 6.10 Å². The molecule has 0 radical (unpaired) electrons. The van der Waals surface area contributed by atoms with Gasteiger partial charge in [0.2, 0.25) is 0 Å². The van der Waals surface area contributed by atoms with E-state index >= 15 is 0 Å². The van der Waals surface area contributed by atoms with E-state index in [2.05, 4.69) is 34.6 Å². The molecule has 0 heterocycles. The Morgan fingerprint density at radius 2 is 1.60 bits per heavy atom. The first-order valence-electron chi connectivity index (χ1n) is 5.82. The molecule has 0 spiro atoms. The second-order valence-corrected chi connectivity index (χ2v) is 6.37. The molecule has 15 heavy (non-hydrogen) atoms. The first kappa shape index (κ1) is 12.5. The highest BCUT2D eigenvalue weighted by Crippen LogP contribution is 2.52. The zero-order valence-corrected chi connectivity index (χ0v) is 10.9. The fraction of sp³-hybridized carbons (Fsp3) is 0.923. The molecule has 1 fully saturated rings. The summed E-state index contributed by atoms with van der Waals surface area (Å²) < 4.78 is 5.19. The summed E-state index contributed by atoms with van der Waals surface area (Å²) in [5, 5.41) is 0. The van der Waals surface area contributed by atoms with Crippen LogP contribution in [0.15, 0.2) is 0 Å². The van der Waals surface area contributed by atoms with Crippen molar-refractivity contribution in [3.05, 3.63) is 0 Å². The van der Waals surface area contributed by atoms with Crippen LogP contribution in [0.25, 0.3) is 0 Å². The molecule has 1 saturated carbocycles. The minimum Gasteiger partial charge on any atom is -0.463 e. The summed E-state index contributed by atoms with van der Waals surface area (Å²) in [6.45, 7) is 13.0. The second-order valence-electron chi connectivity index (χ2n) is 6.37. The number of hydrogen-bond acceptors (Lipinski definition) is 2. The lowest BCUT2D eigenvalue weighted by Crippen LogP contribution is -2.46. The highest BCUT2D eigenvalue weighted by atomic mass is 16.5. The summed E-state index contributed by atoms with van der Waals surface area (Å²) in [6.07, 6.45) is 2.24. The third kappa shape index (κ3) is 2.53. The lowest BCUT2D eigenvalue weighted by atomic mass is 9.55. The number of carbonyl (C=O) groups excluding carboxylic acids is 1. The average Bonchev–Trinajstić information content (AvgIpc) is 1.92. The fourth-order valence-electron chi connectivity index (χ4n) is 2.10. The predicted molar refractivity (Wildman–Crippen MR) is 61.5 cm³/mol. The molecule has 0 atom stereocenters. The maximum absolute atomic E-state index is 10.8. The van der Waals surface area contributed by atoms with Gasteiger partial charge in [0.15, 0.2) is 0 Å². The number of hydrogen-bond donors (Lipinski definition) is 0. The highest BCUT2D eigenvalue weighted by molar-refractivity contribution is 5.66. The van der Waals surface area contributed by atoms with E-state index in [0.717, 1.165) is 12.8 Å². The van der Waals surface area contributed by atoms with Crippen molar-refractivity contribution in [3.8, 4) is 0 Å². The molecule has 0 amide bonds. The Hall–Kier alpha value is -0.530. The molecule has 1 aliphatic rings. The third-order valence-electron chi connectivity index (χ3n) is 4.38. The molecule has 0 aromatic carbocycles. The van der Waals surface area contributed by atoms with E-state index in [1.807, 2.05) is 0 Å². The van der Waals surface area contributed by atoms with Gasteiger partial charge in [-0.3, -0.25) is 4.79 Å². The van der Waals surface area contributed by atoms with Crippen LogP contribution in [0.3, 0.4) is 0 Å². The van der Waals surface area contributed by atoms with Crippen LogP contribution in [-0.2, 0) is 9.53 Å². The lowest BCUT2D eigenvalue weighted by Gasteiger charge is -2.51. The van der Waals surface area contributed by atoms with Crippen LogP contribution >= 0.6 is 0 Å². The van der Waals surface area contributed by atoms with E-state index < -0.39 is 0 Å². The van der Waals surface area contributed by atoms with Crippen LogP contribution in [-0.4, -0.2) is 12.1 Å². The molecule has 2 heteroatoms. The van der Waals surface area contributed by atoms with Crippen molar-refractivity contribution in [2.24, 2.45) is 16.7 Å².